The molecule has 1 N–H and O–H groups in total. The van der Waals surface area contributed by atoms with Crippen LogP contribution in [0.5, 0.6) is 0 Å². The van der Waals surface area contributed by atoms with E-state index >= 15 is 0 Å². The number of rotatable bonds is 5. The molecule has 0 fully saturated rings. The molecule has 0 atom stereocenters. The number of anilines is 1. The van der Waals surface area contributed by atoms with E-state index in [2.05, 4.69) is 35.4 Å². The Bertz CT molecular complexity index is 599. The molecule has 0 aliphatic carbocycles. The number of aromatic nitrogens is 1. The summed E-state index contributed by atoms with van der Waals surface area (Å²) < 4.78 is 0. The highest BCUT2D eigenvalue weighted by Crippen LogP contribution is 2.25. The molecular formula is C15H18N4. The number of hydrogen-bond donors (Lipinski definition) is 1. The number of fused-ring (bicyclic) bond motifs is 1. The fourth-order valence-electron chi connectivity index (χ4n) is 2.03. The molecule has 4 nitrogen and oxygen atoms in total. The average Bonchev–Trinajstić information content (AvgIpc) is 2.43. The van der Waals surface area contributed by atoms with Crippen molar-refractivity contribution in [2.75, 3.05) is 32.5 Å². The van der Waals surface area contributed by atoms with E-state index in [1.54, 1.807) is 6.20 Å². The predicted molar refractivity (Wildman–Crippen MR) is 78.1 cm³/mol. The van der Waals surface area contributed by atoms with Gasteiger partial charge in [-0.25, -0.2) is 0 Å². The largest absolute Gasteiger partial charge is 0.383 e. The van der Waals surface area contributed by atoms with E-state index in [0.29, 0.717) is 5.56 Å². The SMILES string of the molecule is CN(C)CCCNc1c(C#N)cnc2ccccc12. The van der Waals surface area contributed by atoms with Crippen LogP contribution < -0.4 is 5.32 Å². The van der Waals surface area contributed by atoms with E-state index in [4.69, 9.17) is 0 Å². The molecule has 0 spiro atoms. The van der Waals surface area contributed by atoms with Crippen molar-refractivity contribution in [2.45, 2.75) is 6.42 Å². The third-order valence-corrected chi connectivity index (χ3v) is 2.98. The maximum atomic E-state index is 9.18. The molecule has 0 saturated heterocycles. The minimum absolute atomic E-state index is 0.601. The fourth-order valence-corrected chi connectivity index (χ4v) is 2.03. The van der Waals surface area contributed by atoms with Crippen LogP contribution in [0.1, 0.15) is 12.0 Å². The first-order chi connectivity index (χ1) is 9.22. The molecule has 0 radical (unpaired) electrons. The summed E-state index contributed by atoms with van der Waals surface area (Å²) in [6.07, 6.45) is 2.67. The normalized spacial score (nSPS) is 10.6. The van der Waals surface area contributed by atoms with Gasteiger partial charge in [0.25, 0.3) is 0 Å². The molecule has 1 aromatic carbocycles. The minimum atomic E-state index is 0.601. The van der Waals surface area contributed by atoms with E-state index in [9.17, 15) is 5.26 Å². The summed E-state index contributed by atoms with van der Waals surface area (Å²) in [7, 11) is 4.12. The molecule has 0 saturated carbocycles. The summed E-state index contributed by atoms with van der Waals surface area (Å²) in [6.45, 7) is 1.87. The second-order valence-corrected chi connectivity index (χ2v) is 4.76. The highest BCUT2D eigenvalue weighted by Gasteiger charge is 2.07. The molecule has 0 aliphatic rings. The molecule has 1 heterocycles. The van der Waals surface area contributed by atoms with E-state index in [1.807, 2.05) is 24.3 Å². The predicted octanol–water partition coefficient (Wildman–Crippen LogP) is 2.47. The van der Waals surface area contributed by atoms with Crippen molar-refractivity contribution < 1.29 is 0 Å². The zero-order valence-electron chi connectivity index (χ0n) is 11.3. The van der Waals surface area contributed by atoms with Crippen LogP contribution in [0.4, 0.5) is 5.69 Å². The molecule has 19 heavy (non-hydrogen) atoms. The number of nitrogens with one attached hydrogen (secondary N) is 1. The van der Waals surface area contributed by atoms with Crippen LogP contribution >= 0.6 is 0 Å². The highest BCUT2D eigenvalue weighted by atomic mass is 15.1. The van der Waals surface area contributed by atoms with Gasteiger partial charge in [-0.15, -0.1) is 0 Å². The van der Waals surface area contributed by atoms with Crippen LogP contribution in [0.15, 0.2) is 30.5 Å². The summed E-state index contributed by atoms with van der Waals surface area (Å²) >= 11 is 0. The molecule has 0 bridgehead atoms. The van der Waals surface area contributed by atoms with Gasteiger partial charge in [-0.05, 0) is 33.1 Å². The van der Waals surface area contributed by atoms with Crippen LogP contribution in [0.3, 0.4) is 0 Å². The number of para-hydroxylation sites is 1. The average molecular weight is 254 g/mol. The van der Waals surface area contributed by atoms with Gasteiger partial charge in [-0.3, -0.25) is 4.98 Å². The van der Waals surface area contributed by atoms with Crippen LogP contribution in [0.25, 0.3) is 10.9 Å². The van der Waals surface area contributed by atoms with Crippen molar-refractivity contribution in [3.8, 4) is 6.07 Å². The standard InChI is InChI=1S/C15H18N4/c1-19(2)9-5-8-17-15-12(10-16)11-18-14-7-4-3-6-13(14)15/h3-4,6-7,11H,5,8-9H2,1-2H3,(H,17,18). The Labute approximate surface area is 113 Å². The molecule has 4 heteroatoms. The van der Waals surface area contributed by atoms with Gasteiger partial charge in [-0.1, -0.05) is 18.2 Å². The van der Waals surface area contributed by atoms with Gasteiger partial charge in [-0.2, -0.15) is 5.26 Å². The lowest BCUT2D eigenvalue weighted by Crippen LogP contribution is -2.16. The Kier molecular flexibility index (Phi) is 4.32. The first-order valence-corrected chi connectivity index (χ1v) is 6.39. The zero-order chi connectivity index (χ0) is 13.7. The van der Waals surface area contributed by atoms with Crippen molar-refractivity contribution in [1.82, 2.24) is 9.88 Å². The number of benzene rings is 1. The molecule has 1 aromatic heterocycles. The van der Waals surface area contributed by atoms with Crippen molar-refractivity contribution >= 4 is 16.6 Å². The summed E-state index contributed by atoms with van der Waals surface area (Å²) in [4.78, 5) is 6.45. The quantitative estimate of drug-likeness (QED) is 0.833. The molecule has 0 amide bonds. The van der Waals surface area contributed by atoms with Crippen LogP contribution in [-0.2, 0) is 0 Å². The summed E-state index contributed by atoms with van der Waals surface area (Å²) in [5.41, 5.74) is 2.41. The van der Waals surface area contributed by atoms with Crippen LogP contribution in [0.2, 0.25) is 0 Å². The number of nitrogens with zero attached hydrogens (tertiary/aromatic N) is 3. The van der Waals surface area contributed by atoms with E-state index in [-0.39, 0.29) is 0 Å². The first-order valence-electron chi connectivity index (χ1n) is 6.39. The Balaban J connectivity index is 2.22. The Hall–Kier alpha value is -2.12. The summed E-state index contributed by atoms with van der Waals surface area (Å²) in [6, 6.07) is 10.1. The fraction of sp³-hybridized carbons (Fsp3) is 0.333. The third kappa shape index (κ3) is 3.21. The van der Waals surface area contributed by atoms with E-state index in [0.717, 1.165) is 36.1 Å². The van der Waals surface area contributed by atoms with Crippen molar-refractivity contribution in [3.63, 3.8) is 0 Å². The van der Waals surface area contributed by atoms with E-state index < -0.39 is 0 Å². The van der Waals surface area contributed by atoms with Gasteiger partial charge in [0.05, 0.1) is 16.8 Å². The lowest BCUT2D eigenvalue weighted by Gasteiger charge is -2.13. The summed E-state index contributed by atoms with van der Waals surface area (Å²) in [5.74, 6) is 0. The van der Waals surface area contributed by atoms with E-state index in [1.165, 1.54) is 0 Å². The number of pyridine rings is 1. The second-order valence-electron chi connectivity index (χ2n) is 4.76. The molecule has 98 valence electrons. The topological polar surface area (TPSA) is 52.0 Å². The maximum Gasteiger partial charge on any atom is 0.103 e. The zero-order valence-corrected chi connectivity index (χ0v) is 11.3. The Morgan fingerprint density at radius 3 is 2.84 bits per heavy atom. The maximum absolute atomic E-state index is 9.18. The smallest absolute Gasteiger partial charge is 0.103 e. The molecule has 0 aliphatic heterocycles. The Morgan fingerprint density at radius 1 is 1.32 bits per heavy atom. The summed E-state index contributed by atoms with van der Waals surface area (Å²) in [5, 5.41) is 13.6. The van der Waals surface area contributed by atoms with Gasteiger partial charge in [0.2, 0.25) is 0 Å². The number of nitriles is 1. The third-order valence-electron chi connectivity index (χ3n) is 2.98. The van der Waals surface area contributed by atoms with Crippen LogP contribution in [0, 0.1) is 11.3 Å². The minimum Gasteiger partial charge on any atom is -0.383 e. The monoisotopic (exact) mass is 254 g/mol. The molecule has 2 rings (SSSR count). The van der Waals surface area contributed by atoms with Crippen molar-refractivity contribution in [1.29, 1.82) is 5.26 Å². The number of hydrogen-bond acceptors (Lipinski definition) is 4. The van der Waals surface area contributed by atoms with Gasteiger partial charge in [0.1, 0.15) is 6.07 Å². The lowest BCUT2D eigenvalue weighted by molar-refractivity contribution is 0.405. The van der Waals surface area contributed by atoms with Gasteiger partial charge >= 0.3 is 0 Å². The van der Waals surface area contributed by atoms with Gasteiger partial charge < -0.3 is 10.2 Å². The van der Waals surface area contributed by atoms with Crippen molar-refractivity contribution in [3.05, 3.63) is 36.0 Å². The first kappa shape index (κ1) is 13.3. The Morgan fingerprint density at radius 2 is 2.11 bits per heavy atom. The molecule has 0 unspecified atom stereocenters. The van der Waals surface area contributed by atoms with Gasteiger partial charge in [0, 0.05) is 18.1 Å². The van der Waals surface area contributed by atoms with Crippen LogP contribution in [-0.4, -0.2) is 37.1 Å². The molecular weight excluding hydrogens is 236 g/mol. The lowest BCUT2D eigenvalue weighted by atomic mass is 10.1. The van der Waals surface area contributed by atoms with Crippen molar-refractivity contribution in [2.24, 2.45) is 0 Å². The second kappa shape index (κ2) is 6.17. The molecule has 2 aromatic rings. The highest BCUT2D eigenvalue weighted by molar-refractivity contribution is 5.93. The van der Waals surface area contributed by atoms with Gasteiger partial charge in [0.15, 0.2) is 0 Å².